The SMILES string of the molecule is COCCOC(=O)N1CC(Nc2ncccn2)C1. The fourth-order valence-corrected chi connectivity index (χ4v) is 1.58. The number of methoxy groups -OCH3 is 1. The number of hydrogen-bond donors (Lipinski definition) is 1. The zero-order valence-electron chi connectivity index (χ0n) is 10.2. The highest BCUT2D eigenvalue weighted by molar-refractivity contribution is 5.69. The zero-order valence-corrected chi connectivity index (χ0v) is 10.2. The predicted octanol–water partition coefficient (Wildman–Crippen LogP) is 0.356. The summed E-state index contributed by atoms with van der Waals surface area (Å²) in [6, 6.07) is 1.94. The third-order valence-electron chi connectivity index (χ3n) is 2.55. The van der Waals surface area contributed by atoms with Gasteiger partial charge in [-0.3, -0.25) is 0 Å². The number of carbonyl (C=O) groups excluding carboxylic acids is 1. The minimum Gasteiger partial charge on any atom is -0.447 e. The fraction of sp³-hybridized carbons (Fsp3) is 0.545. The van der Waals surface area contributed by atoms with Crippen LogP contribution in [0.25, 0.3) is 0 Å². The van der Waals surface area contributed by atoms with E-state index in [-0.39, 0.29) is 18.7 Å². The van der Waals surface area contributed by atoms with Gasteiger partial charge in [-0.05, 0) is 6.07 Å². The molecule has 0 bridgehead atoms. The van der Waals surface area contributed by atoms with Crippen molar-refractivity contribution in [3.05, 3.63) is 18.5 Å². The smallest absolute Gasteiger partial charge is 0.409 e. The molecule has 0 unspecified atom stereocenters. The first-order chi connectivity index (χ1) is 8.79. The summed E-state index contributed by atoms with van der Waals surface area (Å²) < 4.78 is 9.79. The first-order valence-electron chi connectivity index (χ1n) is 5.74. The van der Waals surface area contributed by atoms with Crippen LogP contribution < -0.4 is 5.32 Å². The highest BCUT2D eigenvalue weighted by Crippen LogP contribution is 2.13. The summed E-state index contributed by atoms with van der Waals surface area (Å²) in [5.41, 5.74) is 0. The molecule has 0 radical (unpaired) electrons. The second-order valence-electron chi connectivity index (χ2n) is 3.93. The van der Waals surface area contributed by atoms with Crippen molar-refractivity contribution >= 4 is 12.0 Å². The van der Waals surface area contributed by atoms with Crippen LogP contribution in [-0.2, 0) is 9.47 Å². The van der Waals surface area contributed by atoms with Crippen molar-refractivity contribution in [2.45, 2.75) is 6.04 Å². The molecule has 18 heavy (non-hydrogen) atoms. The monoisotopic (exact) mass is 252 g/mol. The molecule has 0 saturated carbocycles. The number of carbonyl (C=O) groups is 1. The topological polar surface area (TPSA) is 76.6 Å². The minimum absolute atomic E-state index is 0.183. The van der Waals surface area contributed by atoms with Crippen molar-refractivity contribution in [3.63, 3.8) is 0 Å². The lowest BCUT2D eigenvalue weighted by molar-refractivity contribution is 0.0539. The van der Waals surface area contributed by atoms with Gasteiger partial charge in [-0.15, -0.1) is 0 Å². The summed E-state index contributed by atoms with van der Waals surface area (Å²) in [6.45, 7) is 1.90. The first-order valence-corrected chi connectivity index (χ1v) is 5.74. The average Bonchev–Trinajstić information content (AvgIpc) is 2.34. The van der Waals surface area contributed by atoms with Crippen LogP contribution in [0.2, 0.25) is 0 Å². The Labute approximate surface area is 105 Å². The molecule has 98 valence electrons. The number of nitrogens with one attached hydrogen (secondary N) is 1. The molecule has 0 spiro atoms. The van der Waals surface area contributed by atoms with Crippen molar-refractivity contribution in [3.8, 4) is 0 Å². The van der Waals surface area contributed by atoms with Crippen LogP contribution in [0.3, 0.4) is 0 Å². The number of nitrogens with zero attached hydrogens (tertiary/aromatic N) is 3. The van der Waals surface area contributed by atoms with E-state index in [1.165, 1.54) is 0 Å². The van der Waals surface area contributed by atoms with Crippen molar-refractivity contribution in [1.29, 1.82) is 0 Å². The van der Waals surface area contributed by atoms with Gasteiger partial charge in [0.2, 0.25) is 5.95 Å². The Balaban J connectivity index is 1.66. The Hall–Kier alpha value is -1.89. The van der Waals surface area contributed by atoms with Crippen LogP contribution in [0.1, 0.15) is 0 Å². The number of hydrogen-bond acceptors (Lipinski definition) is 6. The van der Waals surface area contributed by atoms with Gasteiger partial charge in [0.25, 0.3) is 0 Å². The van der Waals surface area contributed by atoms with E-state index in [2.05, 4.69) is 15.3 Å². The fourth-order valence-electron chi connectivity index (χ4n) is 1.58. The van der Waals surface area contributed by atoms with Gasteiger partial charge >= 0.3 is 6.09 Å². The van der Waals surface area contributed by atoms with Crippen molar-refractivity contribution in [2.24, 2.45) is 0 Å². The lowest BCUT2D eigenvalue weighted by atomic mass is 10.1. The van der Waals surface area contributed by atoms with Crippen molar-refractivity contribution < 1.29 is 14.3 Å². The standard InChI is InChI=1S/C11H16N4O3/c1-17-5-6-18-11(16)15-7-9(8-15)14-10-12-3-2-4-13-10/h2-4,9H,5-8H2,1H3,(H,12,13,14). The molecule has 1 aromatic rings. The molecule has 0 aromatic carbocycles. The van der Waals surface area contributed by atoms with Crippen LogP contribution in [0.15, 0.2) is 18.5 Å². The average molecular weight is 252 g/mol. The molecule has 2 heterocycles. The van der Waals surface area contributed by atoms with Crippen LogP contribution in [0.4, 0.5) is 10.7 Å². The molecular weight excluding hydrogens is 236 g/mol. The number of likely N-dealkylation sites (tertiary alicyclic amines) is 1. The molecule has 0 aliphatic carbocycles. The van der Waals surface area contributed by atoms with E-state index in [9.17, 15) is 4.79 Å². The molecule has 1 aromatic heterocycles. The van der Waals surface area contributed by atoms with Crippen LogP contribution in [0.5, 0.6) is 0 Å². The Bertz CT molecular complexity index is 381. The molecule has 1 aliphatic rings. The van der Waals surface area contributed by atoms with E-state index in [0.717, 1.165) is 0 Å². The number of aromatic nitrogens is 2. The van der Waals surface area contributed by atoms with Gasteiger partial charge in [-0.25, -0.2) is 14.8 Å². The normalized spacial score (nSPS) is 15.1. The maximum Gasteiger partial charge on any atom is 0.409 e. The lowest BCUT2D eigenvalue weighted by Gasteiger charge is -2.38. The lowest BCUT2D eigenvalue weighted by Crippen LogP contribution is -2.57. The van der Waals surface area contributed by atoms with Crippen LogP contribution >= 0.6 is 0 Å². The van der Waals surface area contributed by atoms with E-state index < -0.39 is 0 Å². The minimum atomic E-state index is -0.306. The maximum absolute atomic E-state index is 11.5. The Kier molecular flexibility index (Phi) is 4.30. The van der Waals surface area contributed by atoms with Gasteiger partial charge in [0, 0.05) is 32.6 Å². The quantitative estimate of drug-likeness (QED) is 0.762. The van der Waals surface area contributed by atoms with E-state index in [1.807, 2.05) is 0 Å². The number of rotatable bonds is 5. The largest absolute Gasteiger partial charge is 0.447 e. The zero-order chi connectivity index (χ0) is 12.8. The van der Waals surface area contributed by atoms with Gasteiger partial charge in [-0.1, -0.05) is 0 Å². The summed E-state index contributed by atoms with van der Waals surface area (Å²) in [6.07, 6.45) is 3.04. The number of ether oxygens (including phenoxy) is 2. The van der Waals surface area contributed by atoms with Gasteiger partial charge in [0.15, 0.2) is 0 Å². The summed E-state index contributed by atoms with van der Waals surface area (Å²) >= 11 is 0. The molecule has 1 N–H and O–H groups in total. The summed E-state index contributed by atoms with van der Waals surface area (Å²) in [7, 11) is 1.57. The summed E-state index contributed by atoms with van der Waals surface area (Å²) in [5, 5.41) is 3.13. The van der Waals surface area contributed by atoms with Crippen LogP contribution in [-0.4, -0.2) is 60.4 Å². The molecule has 0 atom stereocenters. The Morgan fingerprint density at radius 1 is 1.44 bits per heavy atom. The second kappa shape index (κ2) is 6.15. The third kappa shape index (κ3) is 3.30. The molecule has 1 fully saturated rings. The Morgan fingerprint density at radius 2 is 2.17 bits per heavy atom. The molecule has 1 aliphatic heterocycles. The molecule has 1 amide bonds. The number of anilines is 1. The van der Waals surface area contributed by atoms with Crippen molar-refractivity contribution in [2.75, 3.05) is 38.7 Å². The highest BCUT2D eigenvalue weighted by Gasteiger charge is 2.31. The van der Waals surface area contributed by atoms with E-state index >= 15 is 0 Å². The van der Waals surface area contributed by atoms with Gasteiger partial charge in [-0.2, -0.15) is 0 Å². The van der Waals surface area contributed by atoms with Gasteiger partial charge in [0.05, 0.1) is 12.6 Å². The van der Waals surface area contributed by atoms with Crippen molar-refractivity contribution in [1.82, 2.24) is 14.9 Å². The highest BCUT2D eigenvalue weighted by atomic mass is 16.6. The molecule has 7 nitrogen and oxygen atoms in total. The van der Waals surface area contributed by atoms with E-state index in [0.29, 0.717) is 25.6 Å². The number of amides is 1. The molecular formula is C11H16N4O3. The molecule has 2 rings (SSSR count). The summed E-state index contributed by atoms with van der Waals surface area (Å²) in [4.78, 5) is 21.2. The molecule has 1 saturated heterocycles. The summed E-state index contributed by atoms with van der Waals surface area (Å²) in [5.74, 6) is 0.579. The van der Waals surface area contributed by atoms with E-state index in [1.54, 1.807) is 30.5 Å². The van der Waals surface area contributed by atoms with Gasteiger partial charge in [0.1, 0.15) is 6.61 Å². The van der Waals surface area contributed by atoms with Crippen LogP contribution in [0, 0.1) is 0 Å². The van der Waals surface area contributed by atoms with E-state index in [4.69, 9.17) is 9.47 Å². The Morgan fingerprint density at radius 3 is 2.83 bits per heavy atom. The third-order valence-corrected chi connectivity index (χ3v) is 2.55. The predicted molar refractivity (Wildman–Crippen MR) is 64.2 cm³/mol. The first kappa shape index (κ1) is 12.6. The maximum atomic E-state index is 11.5. The molecule has 7 heteroatoms. The second-order valence-corrected chi connectivity index (χ2v) is 3.93. The van der Waals surface area contributed by atoms with Gasteiger partial charge < -0.3 is 19.7 Å².